The van der Waals surface area contributed by atoms with Crippen LogP contribution in [0.5, 0.6) is 5.75 Å². The summed E-state index contributed by atoms with van der Waals surface area (Å²) in [5.41, 5.74) is 5.68. The van der Waals surface area contributed by atoms with Gasteiger partial charge in [-0.15, -0.1) is 5.11 Å². The van der Waals surface area contributed by atoms with Crippen molar-refractivity contribution in [1.82, 2.24) is 0 Å². The second-order valence-electron chi connectivity index (χ2n) is 4.27. The van der Waals surface area contributed by atoms with Crippen LogP contribution in [-0.2, 0) is 16.5 Å². The number of phenols is 1. The van der Waals surface area contributed by atoms with Gasteiger partial charge < -0.3 is 36.7 Å². The number of benzene rings is 1. The first-order valence-electron chi connectivity index (χ1n) is 5.44. The fourth-order valence-corrected chi connectivity index (χ4v) is 2.94. The van der Waals surface area contributed by atoms with Crippen LogP contribution in [0.25, 0.3) is 0 Å². The van der Waals surface area contributed by atoms with E-state index in [9.17, 15) is 22.9 Å². The van der Waals surface area contributed by atoms with Gasteiger partial charge in [0.2, 0.25) is 0 Å². The van der Waals surface area contributed by atoms with Gasteiger partial charge in [0.1, 0.15) is 26.9 Å². The second-order valence-corrected chi connectivity index (χ2v) is 5.80. The molecule has 1 aromatic rings. The normalized spacial score (nSPS) is 15.4. The number of amides is 2. The van der Waals surface area contributed by atoms with Crippen molar-refractivity contribution in [3.63, 3.8) is 0 Å². The molecule has 0 saturated carbocycles. The summed E-state index contributed by atoms with van der Waals surface area (Å²) in [6.07, 6.45) is -0.0307. The number of azo groups is 1. The van der Waals surface area contributed by atoms with Gasteiger partial charge in [-0.2, -0.15) is 0 Å². The Balaban J connectivity index is -0.00000110. The van der Waals surface area contributed by atoms with E-state index in [1.54, 1.807) is 0 Å². The van der Waals surface area contributed by atoms with E-state index in [-0.39, 0.29) is 63.8 Å². The molecule has 132 valence electrons. The Labute approximate surface area is 159 Å². The van der Waals surface area contributed by atoms with Gasteiger partial charge in [-0.25, -0.2) is 13.2 Å². The predicted octanol–water partition coefficient (Wildman–Crippen LogP) is -5.05. The molecule has 12 nitrogen and oxygen atoms in total. The number of nitrogens with two attached hydrogens (primary N) is 1. The van der Waals surface area contributed by atoms with Gasteiger partial charge in [-0.05, 0) is 11.6 Å². The molecule has 0 radical (unpaired) electrons. The van der Waals surface area contributed by atoms with Crippen LogP contribution in [-0.4, -0.2) is 53.0 Å². The summed E-state index contributed by atoms with van der Waals surface area (Å²) in [6.45, 7) is 0. The number of anilines is 1. The summed E-state index contributed by atoms with van der Waals surface area (Å²) in [5.74, 6) is -0.301. The molecule has 24 heavy (non-hydrogen) atoms. The Morgan fingerprint density at radius 1 is 1.38 bits per heavy atom. The first-order chi connectivity index (χ1) is 9.20. The summed E-state index contributed by atoms with van der Waals surface area (Å²) >= 11 is 0. The third-order valence-electron chi connectivity index (χ3n) is 2.97. The quantitative estimate of drug-likeness (QED) is 0.290. The summed E-state index contributed by atoms with van der Waals surface area (Å²) in [7, 11) is -3.06. The maximum absolute atomic E-state index is 11.1. The minimum atomic E-state index is -4.50. The molecule has 1 aliphatic rings. The molecule has 0 aliphatic carbocycles. The maximum Gasteiger partial charge on any atom is 1.00 e. The van der Waals surface area contributed by atoms with E-state index >= 15 is 0 Å². The Morgan fingerprint density at radius 3 is 2.38 bits per heavy atom. The van der Waals surface area contributed by atoms with Crippen LogP contribution in [0.3, 0.4) is 0 Å². The van der Waals surface area contributed by atoms with E-state index in [0.717, 1.165) is 0 Å². The molecule has 9 N–H and O–H groups in total. The minimum absolute atomic E-state index is 0. The monoisotopic (exact) mass is 376 g/mol. The molecule has 1 heterocycles. The van der Waals surface area contributed by atoms with E-state index in [2.05, 4.69) is 10.2 Å². The van der Waals surface area contributed by atoms with Crippen molar-refractivity contribution in [1.29, 1.82) is 0 Å². The Kier molecular flexibility index (Phi) is 11.3. The molecule has 1 aromatic carbocycles. The Bertz CT molecular complexity index is 711. The average molecular weight is 376 g/mol. The fraction of sp³-hybridized carbons (Fsp3) is 0.300. The number of nitrogens with zero attached hydrogens (tertiary/aromatic N) is 3. The number of rotatable bonds is 2. The number of primary amides is 1. The second kappa shape index (κ2) is 9.85. The van der Waals surface area contributed by atoms with E-state index in [0.29, 0.717) is 11.3 Å². The van der Waals surface area contributed by atoms with Gasteiger partial charge >= 0.3 is 35.6 Å². The molecular formula is C10H17N4NaO8S. The number of fused-ring (bicyclic) bond motifs is 1. The Hall–Kier alpha value is -1.32. The molecule has 0 fully saturated rings. The summed E-state index contributed by atoms with van der Waals surface area (Å²) in [6, 6.07) is 1.59. The maximum atomic E-state index is 11.1. The average Bonchev–Trinajstić information content (AvgIpc) is 2.63. The first-order valence-corrected chi connectivity index (χ1v) is 6.92. The van der Waals surface area contributed by atoms with Crippen LogP contribution in [0.15, 0.2) is 22.4 Å². The number of carbonyl (C=O) groups excluding carboxylic acids is 1. The van der Waals surface area contributed by atoms with Crippen LogP contribution >= 0.6 is 0 Å². The summed E-state index contributed by atoms with van der Waals surface area (Å²) in [5, 5.41) is 15.0. The topological polar surface area (TPSA) is 243 Å². The van der Waals surface area contributed by atoms with Gasteiger partial charge in [0.05, 0.1) is 0 Å². The Morgan fingerprint density at radius 2 is 1.92 bits per heavy atom. The van der Waals surface area contributed by atoms with Crippen molar-refractivity contribution in [3.05, 3.63) is 17.7 Å². The molecule has 1 atom stereocenters. The van der Waals surface area contributed by atoms with Crippen LogP contribution < -0.4 is 40.2 Å². The van der Waals surface area contributed by atoms with Crippen LogP contribution in [0.1, 0.15) is 5.56 Å². The van der Waals surface area contributed by atoms with Crippen molar-refractivity contribution < 1.29 is 68.9 Å². The van der Waals surface area contributed by atoms with Crippen LogP contribution in [0.2, 0.25) is 0 Å². The SMILES string of the molecule is CN1c2cc(O)c(N=NC(N)=O)cc2CC1S(=O)(=O)[O-].O.O.O.[Na+]. The number of hydrogen-bond acceptors (Lipinski definition) is 7. The van der Waals surface area contributed by atoms with Gasteiger partial charge in [0.25, 0.3) is 0 Å². The van der Waals surface area contributed by atoms with Gasteiger partial charge in [-0.3, -0.25) is 0 Å². The molecule has 0 saturated heterocycles. The molecule has 14 heteroatoms. The molecule has 1 aliphatic heterocycles. The van der Waals surface area contributed by atoms with Crippen LogP contribution in [0.4, 0.5) is 16.2 Å². The number of phenolic OH excluding ortho intramolecular Hbond substituents is 1. The van der Waals surface area contributed by atoms with E-state index in [1.807, 2.05) is 0 Å². The number of hydrogen-bond donors (Lipinski definition) is 2. The third-order valence-corrected chi connectivity index (χ3v) is 4.12. The molecule has 2 rings (SSSR count). The zero-order valence-electron chi connectivity index (χ0n) is 12.8. The molecule has 1 unspecified atom stereocenters. The van der Waals surface area contributed by atoms with E-state index in [1.165, 1.54) is 24.1 Å². The van der Waals surface area contributed by atoms with Crippen molar-refractivity contribution in [2.45, 2.75) is 11.8 Å². The largest absolute Gasteiger partial charge is 1.00 e. The summed E-state index contributed by atoms with van der Waals surface area (Å²) < 4.78 is 33.4. The summed E-state index contributed by atoms with van der Waals surface area (Å²) in [4.78, 5) is 11.8. The van der Waals surface area contributed by atoms with Gasteiger partial charge in [0.15, 0.2) is 0 Å². The number of urea groups is 1. The zero-order valence-corrected chi connectivity index (χ0v) is 15.7. The number of likely N-dealkylation sites (N-methyl/N-ethyl adjacent to an activating group) is 1. The van der Waals surface area contributed by atoms with Gasteiger partial charge in [0, 0.05) is 25.2 Å². The van der Waals surface area contributed by atoms with Crippen molar-refractivity contribution in [2.75, 3.05) is 11.9 Å². The minimum Gasteiger partial charge on any atom is -0.746 e. The molecule has 0 spiro atoms. The van der Waals surface area contributed by atoms with E-state index in [4.69, 9.17) is 5.73 Å². The first kappa shape index (κ1) is 27.5. The molecule has 2 amide bonds. The zero-order chi connectivity index (χ0) is 15.1. The molecular weight excluding hydrogens is 359 g/mol. The number of aromatic hydroxyl groups is 1. The van der Waals surface area contributed by atoms with Crippen molar-refractivity contribution in [2.24, 2.45) is 16.0 Å². The standard InChI is InChI=1S/C10H12N4O5S.Na.3H2O/c1-14-7-4-8(15)6(12-13-10(11)16)2-5(7)3-9(14)20(17,18)19;;;;/h2,4,9,15H,3H2,1H3,(H2,11,16)(H,17,18,19);;3*1H2/q;+1;;;/p-1. The third kappa shape index (κ3) is 5.64. The molecule has 0 aromatic heterocycles. The van der Waals surface area contributed by atoms with Crippen LogP contribution in [0, 0.1) is 0 Å². The fourth-order valence-electron chi connectivity index (χ4n) is 2.06. The van der Waals surface area contributed by atoms with Gasteiger partial charge in [-0.1, -0.05) is 5.11 Å². The molecule has 0 bridgehead atoms. The van der Waals surface area contributed by atoms with E-state index < -0.39 is 21.5 Å². The predicted molar refractivity (Wildman–Crippen MR) is 78.6 cm³/mol. The smallest absolute Gasteiger partial charge is 0.746 e. The van der Waals surface area contributed by atoms with Crippen molar-refractivity contribution >= 4 is 27.5 Å². The number of carbonyl (C=O) groups is 1. The van der Waals surface area contributed by atoms with Crippen molar-refractivity contribution in [3.8, 4) is 5.75 Å².